The second-order valence-corrected chi connectivity index (χ2v) is 9.32. The fraction of sp³-hybridized carbons (Fsp3) is 0. The third-order valence-electron chi connectivity index (χ3n) is 4.88. The molecule has 0 fully saturated rings. The highest BCUT2D eigenvalue weighted by atomic mass is 35.5. The Morgan fingerprint density at radius 3 is 2.56 bits per heavy atom. The Morgan fingerprint density at radius 1 is 0.941 bits per heavy atom. The van der Waals surface area contributed by atoms with Crippen molar-refractivity contribution in [2.75, 3.05) is 5.32 Å². The van der Waals surface area contributed by atoms with Crippen LogP contribution in [0.3, 0.4) is 0 Å². The molecule has 34 heavy (non-hydrogen) atoms. The van der Waals surface area contributed by atoms with Gasteiger partial charge < -0.3 is 4.42 Å². The number of carbonyl (C=O) groups excluding carboxylic acids is 1. The van der Waals surface area contributed by atoms with E-state index >= 15 is 0 Å². The average Bonchev–Trinajstić information content (AvgIpc) is 3.29. The number of amides is 1. The topological polar surface area (TPSA) is 67.5 Å². The van der Waals surface area contributed by atoms with Gasteiger partial charge in [-0.2, -0.15) is 0 Å². The van der Waals surface area contributed by atoms with Crippen LogP contribution in [0.5, 0.6) is 0 Å². The first-order valence-electron chi connectivity index (χ1n) is 10.0. The van der Waals surface area contributed by atoms with Crippen molar-refractivity contribution in [1.82, 2.24) is 4.98 Å². The minimum Gasteiger partial charge on any atom is -0.438 e. The molecule has 1 amide bonds. The van der Waals surface area contributed by atoms with E-state index in [-0.39, 0.29) is 11.1 Å². The smallest absolute Gasteiger partial charge is 0.262 e. The summed E-state index contributed by atoms with van der Waals surface area (Å²) in [6.45, 7) is 0. The van der Waals surface area contributed by atoms with E-state index in [0.717, 1.165) is 5.56 Å². The molecule has 2 heterocycles. The second-order valence-electron chi connectivity index (χ2n) is 7.22. The lowest BCUT2D eigenvalue weighted by Crippen LogP contribution is -2.21. The number of nitrogens with zero attached hydrogens (tertiary/aromatic N) is 2. The van der Waals surface area contributed by atoms with E-state index in [4.69, 9.17) is 39.2 Å². The lowest BCUT2D eigenvalue weighted by Gasteiger charge is -2.05. The lowest BCUT2D eigenvalue weighted by atomic mass is 10.1. The summed E-state index contributed by atoms with van der Waals surface area (Å²) in [7, 11) is 0. The molecule has 2 aromatic heterocycles. The zero-order valence-electron chi connectivity index (χ0n) is 17.3. The SMILES string of the molecule is O=C(Nc1nc(-c2ccc(Cl)c(Cl)c2)cs1)c1cc2cc(Cl)ccc2oc1=Nc1ccccc1. The molecule has 0 atom stereocenters. The zero-order chi connectivity index (χ0) is 23.7. The Hall–Kier alpha value is -3.16. The van der Waals surface area contributed by atoms with Gasteiger partial charge in [-0.15, -0.1) is 11.3 Å². The Kier molecular flexibility index (Phi) is 6.39. The van der Waals surface area contributed by atoms with Crippen LogP contribution in [0.2, 0.25) is 15.1 Å². The molecule has 0 aliphatic rings. The summed E-state index contributed by atoms with van der Waals surface area (Å²) in [5.41, 5.74) is 3.12. The average molecular weight is 527 g/mol. The number of anilines is 1. The molecule has 0 bridgehead atoms. The van der Waals surface area contributed by atoms with Crippen molar-refractivity contribution < 1.29 is 9.21 Å². The maximum atomic E-state index is 13.3. The fourth-order valence-corrected chi connectivity index (χ4v) is 4.44. The van der Waals surface area contributed by atoms with Crippen LogP contribution in [0, 0.1) is 0 Å². The number of halogens is 3. The van der Waals surface area contributed by atoms with E-state index in [9.17, 15) is 4.79 Å². The summed E-state index contributed by atoms with van der Waals surface area (Å²) in [5, 5.41) is 7.19. The molecule has 3 aromatic carbocycles. The molecular formula is C25H14Cl3N3O2S. The van der Waals surface area contributed by atoms with Gasteiger partial charge in [0.05, 0.1) is 21.4 Å². The van der Waals surface area contributed by atoms with Gasteiger partial charge in [-0.1, -0.05) is 59.1 Å². The number of nitrogens with one attached hydrogen (secondary N) is 1. The molecule has 5 aromatic rings. The monoisotopic (exact) mass is 525 g/mol. The Balaban J connectivity index is 1.52. The molecule has 5 nitrogen and oxygen atoms in total. The fourth-order valence-electron chi connectivity index (χ4n) is 3.25. The first-order chi connectivity index (χ1) is 16.5. The largest absolute Gasteiger partial charge is 0.438 e. The summed E-state index contributed by atoms with van der Waals surface area (Å²) in [4.78, 5) is 22.3. The number of fused-ring (bicyclic) bond motifs is 1. The number of thiazole rings is 1. The summed E-state index contributed by atoms with van der Waals surface area (Å²) in [5.74, 6) is -0.407. The molecule has 0 spiro atoms. The standard InChI is InChI=1S/C25H14Cl3N3O2S/c26-16-7-9-22-15(10-16)11-18(24(33-22)29-17-4-2-1-3-5-17)23(32)31-25-30-21(13-34-25)14-6-8-19(27)20(28)12-14/h1-13H,(H,30,31,32). The predicted octanol–water partition coefficient (Wildman–Crippen LogP) is 8.00. The molecule has 0 saturated carbocycles. The minimum atomic E-state index is -0.407. The first kappa shape index (κ1) is 22.6. The van der Waals surface area contributed by atoms with Crippen LogP contribution in [-0.4, -0.2) is 10.9 Å². The van der Waals surface area contributed by atoms with Crippen molar-refractivity contribution in [1.29, 1.82) is 0 Å². The number of aromatic nitrogens is 1. The van der Waals surface area contributed by atoms with Gasteiger partial charge in [0.15, 0.2) is 5.13 Å². The van der Waals surface area contributed by atoms with Crippen molar-refractivity contribution in [2.45, 2.75) is 0 Å². The van der Waals surface area contributed by atoms with Gasteiger partial charge in [0.1, 0.15) is 11.1 Å². The van der Waals surface area contributed by atoms with Gasteiger partial charge in [-0.05, 0) is 48.5 Å². The number of hydrogen-bond acceptors (Lipinski definition) is 5. The Morgan fingerprint density at radius 2 is 1.76 bits per heavy atom. The van der Waals surface area contributed by atoms with Crippen LogP contribution in [0.4, 0.5) is 10.8 Å². The third kappa shape index (κ3) is 4.86. The van der Waals surface area contributed by atoms with Crippen molar-refractivity contribution in [3.8, 4) is 11.3 Å². The molecule has 0 aliphatic carbocycles. The summed E-state index contributed by atoms with van der Waals surface area (Å²) >= 11 is 19.6. The third-order valence-corrected chi connectivity index (χ3v) is 6.61. The zero-order valence-corrected chi connectivity index (χ0v) is 20.3. The molecule has 168 valence electrons. The molecular weight excluding hydrogens is 513 g/mol. The van der Waals surface area contributed by atoms with Gasteiger partial charge in [0.2, 0.25) is 5.55 Å². The normalized spacial score (nSPS) is 11.7. The molecule has 5 rings (SSSR count). The Labute approximate surface area is 213 Å². The van der Waals surface area contributed by atoms with Crippen molar-refractivity contribution in [2.24, 2.45) is 4.99 Å². The molecule has 0 saturated heterocycles. The van der Waals surface area contributed by atoms with E-state index in [1.54, 1.807) is 36.4 Å². The summed E-state index contributed by atoms with van der Waals surface area (Å²) < 4.78 is 5.98. The second kappa shape index (κ2) is 9.60. The maximum Gasteiger partial charge on any atom is 0.262 e. The van der Waals surface area contributed by atoms with Crippen LogP contribution < -0.4 is 10.9 Å². The van der Waals surface area contributed by atoms with Gasteiger partial charge in [-0.3, -0.25) is 10.1 Å². The Bertz CT molecular complexity index is 1600. The first-order valence-corrected chi connectivity index (χ1v) is 12.0. The number of benzene rings is 3. The maximum absolute atomic E-state index is 13.3. The molecule has 9 heteroatoms. The van der Waals surface area contributed by atoms with Crippen LogP contribution in [0.1, 0.15) is 10.4 Å². The highest BCUT2D eigenvalue weighted by Crippen LogP contribution is 2.30. The highest BCUT2D eigenvalue weighted by Gasteiger charge is 2.16. The van der Waals surface area contributed by atoms with E-state index in [1.165, 1.54) is 11.3 Å². The number of para-hydroxylation sites is 1. The van der Waals surface area contributed by atoms with E-state index in [2.05, 4.69) is 15.3 Å². The number of hydrogen-bond donors (Lipinski definition) is 1. The molecule has 1 N–H and O–H groups in total. The summed E-state index contributed by atoms with van der Waals surface area (Å²) in [6, 6.07) is 21.4. The number of rotatable bonds is 4. The molecule has 0 radical (unpaired) electrons. The van der Waals surface area contributed by atoms with Crippen LogP contribution >= 0.6 is 46.1 Å². The van der Waals surface area contributed by atoms with E-state index in [0.29, 0.717) is 42.6 Å². The number of carbonyl (C=O) groups is 1. The van der Waals surface area contributed by atoms with E-state index in [1.807, 2.05) is 41.8 Å². The van der Waals surface area contributed by atoms with Crippen molar-refractivity contribution in [3.05, 3.63) is 104 Å². The minimum absolute atomic E-state index is 0.180. The van der Waals surface area contributed by atoms with Gasteiger partial charge in [-0.25, -0.2) is 9.98 Å². The van der Waals surface area contributed by atoms with Gasteiger partial charge in [0.25, 0.3) is 5.91 Å². The van der Waals surface area contributed by atoms with Gasteiger partial charge in [0, 0.05) is 21.4 Å². The van der Waals surface area contributed by atoms with Gasteiger partial charge >= 0.3 is 0 Å². The van der Waals surface area contributed by atoms with Crippen molar-refractivity contribution in [3.63, 3.8) is 0 Å². The molecule has 0 aliphatic heterocycles. The predicted molar refractivity (Wildman–Crippen MR) is 138 cm³/mol. The van der Waals surface area contributed by atoms with Crippen LogP contribution in [0.15, 0.2) is 87.6 Å². The van der Waals surface area contributed by atoms with Crippen molar-refractivity contribution >= 4 is 73.8 Å². The highest BCUT2D eigenvalue weighted by molar-refractivity contribution is 7.14. The van der Waals surface area contributed by atoms with Crippen LogP contribution in [0.25, 0.3) is 22.2 Å². The quantitative estimate of drug-likeness (QED) is 0.258. The summed E-state index contributed by atoms with van der Waals surface area (Å²) in [6.07, 6.45) is 0. The van der Waals surface area contributed by atoms with Crippen LogP contribution in [-0.2, 0) is 0 Å². The van der Waals surface area contributed by atoms with E-state index < -0.39 is 5.91 Å². The molecule has 0 unspecified atom stereocenters. The lowest BCUT2D eigenvalue weighted by molar-refractivity contribution is 0.102.